The maximum absolute atomic E-state index is 12.6. The summed E-state index contributed by atoms with van der Waals surface area (Å²) in [5.74, 6) is -0.819. The van der Waals surface area contributed by atoms with Gasteiger partial charge >= 0.3 is 12.0 Å². The van der Waals surface area contributed by atoms with Crippen molar-refractivity contribution in [1.29, 1.82) is 0 Å². The number of carboxylic acids is 1. The summed E-state index contributed by atoms with van der Waals surface area (Å²) in [7, 11) is 0. The molecule has 7 rings (SSSR count). The molecule has 0 aliphatic carbocycles. The Kier molecular flexibility index (Phi) is 9.26. The van der Waals surface area contributed by atoms with Crippen LogP contribution in [0.5, 0.6) is 5.75 Å². The number of urea groups is 1. The molecule has 16 heteroatoms. The smallest absolute Gasteiger partial charge is 0.335 e. The summed E-state index contributed by atoms with van der Waals surface area (Å²) in [6, 6.07) is 25.9. The van der Waals surface area contributed by atoms with Gasteiger partial charge in [0.2, 0.25) is 5.95 Å². The van der Waals surface area contributed by atoms with E-state index >= 15 is 0 Å². The minimum Gasteiger partial charge on any atom is -0.508 e. The van der Waals surface area contributed by atoms with E-state index in [1.165, 1.54) is 34.1 Å². The minimum absolute atomic E-state index is 0.0863. The van der Waals surface area contributed by atoms with Crippen molar-refractivity contribution in [2.45, 2.75) is 37.0 Å². The quantitative estimate of drug-likeness (QED) is 0.104. The van der Waals surface area contributed by atoms with Crippen LogP contribution in [0.1, 0.15) is 28.8 Å². The van der Waals surface area contributed by atoms with Crippen molar-refractivity contribution in [3.05, 3.63) is 120 Å². The zero-order valence-corrected chi connectivity index (χ0v) is 26.8. The number of hydrogen-bond donors (Lipinski definition) is 7. The number of carbonyl (C=O) groups excluding carboxylic acids is 1. The molecule has 16 nitrogen and oxygen atoms in total. The Morgan fingerprint density at radius 3 is 2.27 bits per heavy atom. The number of carbonyl (C=O) groups is 2. The van der Waals surface area contributed by atoms with E-state index in [2.05, 4.69) is 30.9 Å². The number of aromatic hydroxyl groups is 1. The third-order valence-electron chi connectivity index (χ3n) is 8.46. The Morgan fingerprint density at radius 2 is 1.61 bits per heavy atom. The average Bonchev–Trinajstić information content (AvgIpc) is 3.86. The standard InChI is InChI=1S/C35H33N9O7/c45-23-13-7-8-20(14-23)15-37-35(50)40-25-17-43(18-38-25)34-41-30(36-16-24(21-9-3-1-4-10-21)22-11-5-2-6-12-22)26-31(42-34)44(19-39-26)32-28(47)27(46)29(51-32)33(48)49/h1-14,17-19,24,27-29,32,45-47H,15-16H2,(H,48,49)(H,36,41,42)(H2,37,40,50)/t27-,28+,29-,32+/m0/s1. The summed E-state index contributed by atoms with van der Waals surface area (Å²) in [6.45, 7) is 0.560. The van der Waals surface area contributed by atoms with Crippen molar-refractivity contribution in [1.82, 2.24) is 34.4 Å². The number of imidazole rings is 2. The lowest BCUT2D eigenvalue weighted by molar-refractivity contribution is -0.155. The summed E-state index contributed by atoms with van der Waals surface area (Å²) in [6.07, 6.45) is -2.04. The van der Waals surface area contributed by atoms with Gasteiger partial charge in [0.05, 0.1) is 12.5 Å². The first kappa shape index (κ1) is 33.2. The molecular formula is C35H33N9O7. The Morgan fingerprint density at radius 1 is 0.882 bits per heavy atom. The van der Waals surface area contributed by atoms with Crippen LogP contribution in [-0.4, -0.2) is 86.4 Å². The number of phenols is 1. The summed E-state index contributed by atoms with van der Waals surface area (Å²) < 4.78 is 8.38. The van der Waals surface area contributed by atoms with Gasteiger partial charge in [-0.15, -0.1) is 0 Å². The predicted molar refractivity (Wildman–Crippen MR) is 183 cm³/mol. The molecule has 0 radical (unpaired) electrons. The third kappa shape index (κ3) is 7.04. The molecule has 0 unspecified atom stereocenters. The highest BCUT2D eigenvalue weighted by Gasteiger charge is 2.48. The molecule has 0 saturated carbocycles. The molecule has 6 aromatic rings. The van der Waals surface area contributed by atoms with E-state index in [9.17, 15) is 30.0 Å². The molecule has 4 heterocycles. The number of nitrogens with one attached hydrogen (secondary N) is 3. The van der Waals surface area contributed by atoms with Gasteiger partial charge in [0.1, 0.15) is 24.3 Å². The fraction of sp³-hybridized carbons (Fsp3) is 0.200. The summed E-state index contributed by atoms with van der Waals surface area (Å²) in [4.78, 5) is 42.5. The number of aromatic nitrogens is 6. The van der Waals surface area contributed by atoms with E-state index in [1.807, 2.05) is 60.7 Å². The van der Waals surface area contributed by atoms with E-state index < -0.39 is 36.5 Å². The van der Waals surface area contributed by atoms with Crippen molar-refractivity contribution < 1.29 is 34.8 Å². The number of carboxylic acid groups (broad SMARTS) is 1. The third-order valence-corrected chi connectivity index (χ3v) is 8.46. The molecule has 2 amide bonds. The van der Waals surface area contributed by atoms with Gasteiger partial charge in [-0.1, -0.05) is 72.8 Å². The van der Waals surface area contributed by atoms with Crippen LogP contribution in [0.2, 0.25) is 0 Å². The highest BCUT2D eigenvalue weighted by atomic mass is 16.6. The van der Waals surface area contributed by atoms with E-state index in [4.69, 9.17) is 9.72 Å². The fourth-order valence-electron chi connectivity index (χ4n) is 5.93. The van der Waals surface area contributed by atoms with Crippen molar-refractivity contribution in [3.8, 4) is 11.7 Å². The molecule has 4 atom stereocenters. The van der Waals surface area contributed by atoms with Crippen LogP contribution in [0, 0.1) is 0 Å². The Labute approximate surface area is 290 Å². The maximum atomic E-state index is 12.6. The number of phenolic OH excluding ortho intramolecular Hbond substituents is 1. The predicted octanol–water partition coefficient (Wildman–Crippen LogP) is 2.99. The number of aliphatic hydroxyl groups excluding tert-OH is 2. The number of rotatable bonds is 11. The number of benzene rings is 3. The van der Waals surface area contributed by atoms with E-state index in [0.29, 0.717) is 23.4 Å². The topological polar surface area (TPSA) is 222 Å². The lowest BCUT2D eigenvalue weighted by Crippen LogP contribution is -2.35. The van der Waals surface area contributed by atoms with Crippen LogP contribution in [0.4, 0.5) is 16.4 Å². The van der Waals surface area contributed by atoms with Crippen molar-refractivity contribution >= 4 is 34.8 Å². The normalized spacial score (nSPS) is 18.6. The minimum atomic E-state index is -1.69. The van der Waals surface area contributed by atoms with E-state index in [0.717, 1.165) is 11.1 Å². The van der Waals surface area contributed by atoms with Gasteiger partial charge in [-0.3, -0.25) is 14.5 Å². The number of fused-ring (bicyclic) bond motifs is 1. The molecule has 1 aliphatic heterocycles. The number of anilines is 2. The second kappa shape index (κ2) is 14.2. The SMILES string of the molecule is O=C(NCc1cccc(O)c1)Nc1cn(-c2nc(NCC(c3ccccc3)c3ccccc3)c3ncn([C@@H]4O[C@H](C(=O)O)[C@@H](O)[C@H]4O)c3n2)cn1. The van der Waals surface area contributed by atoms with E-state index in [-0.39, 0.29) is 35.6 Å². The molecule has 51 heavy (non-hydrogen) atoms. The number of aliphatic carboxylic acids is 1. The molecule has 1 aliphatic rings. The first-order valence-corrected chi connectivity index (χ1v) is 15.9. The molecule has 0 bridgehead atoms. The second-order valence-corrected chi connectivity index (χ2v) is 11.9. The molecule has 1 fully saturated rings. The van der Waals surface area contributed by atoms with Gasteiger partial charge in [0, 0.05) is 19.0 Å². The molecular weight excluding hydrogens is 658 g/mol. The second-order valence-electron chi connectivity index (χ2n) is 11.9. The van der Waals surface area contributed by atoms with Crippen LogP contribution < -0.4 is 16.0 Å². The number of ether oxygens (including phenoxy) is 1. The molecule has 3 aromatic carbocycles. The van der Waals surface area contributed by atoms with E-state index in [1.54, 1.807) is 18.2 Å². The number of aliphatic hydroxyl groups is 2. The first-order chi connectivity index (χ1) is 24.7. The van der Waals surface area contributed by atoms with Crippen LogP contribution in [-0.2, 0) is 16.1 Å². The van der Waals surface area contributed by atoms with Crippen LogP contribution in [0.3, 0.4) is 0 Å². The lowest BCUT2D eigenvalue weighted by Gasteiger charge is -2.20. The molecule has 7 N–H and O–H groups in total. The maximum Gasteiger partial charge on any atom is 0.335 e. The summed E-state index contributed by atoms with van der Waals surface area (Å²) >= 11 is 0. The molecule has 0 spiro atoms. The highest BCUT2D eigenvalue weighted by molar-refractivity contribution is 5.88. The zero-order chi connectivity index (χ0) is 35.5. The largest absolute Gasteiger partial charge is 0.508 e. The van der Waals surface area contributed by atoms with Crippen LogP contribution in [0.15, 0.2) is 104 Å². The summed E-state index contributed by atoms with van der Waals surface area (Å²) in [5, 5.41) is 49.2. The highest BCUT2D eigenvalue weighted by Crippen LogP contribution is 2.34. The van der Waals surface area contributed by atoms with Crippen molar-refractivity contribution in [3.63, 3.8) is 0 Å². The Balaban J connectivity index is 1.20. The number of nitrogens with zero attached hydrogens (tertiary/aromatic N) is 6. The van der Waals surface area contributed by atoms with Gasteiger partial charge in [-0.2, -0.15) is 9.97 Å². The van der Waals surface area contributed by atoms with Gasteiger partial charge in [0.25, 0.3) is 0 Å². The number of amides is 2. The van der Waals surface area contributed by atoms with Crippen molar-refractivity contribution in [2.24, 2.45) is 0 Å². The summed E-state index contributed by atoms with van der Waals surface area (Å²) in [5.41, 5.74) is 3.31. The zero-order valence-electron chi connectivity index (χ0n) is 26.8. The monoisotopic (exact) mass is 691 g/mol. The fourth-order valence-corrected chi connectivity index (χ4v) is 5.93. The Hall–Kier alpha value is -6.36. The van der Waals surface area contributed by atoms with Gasteiger partial charge in [-0.05, 0) is 28.8 Å². The molecule has 1 saturated heterocycles. The molecule has 260 valence electrons. The van der Waals surface area contributed by atoms with Gasteiger partial charge in [0.15, 0.2) is 35.1 Å². The van der Waals surface area contributed by atoms with Gasteiger partial charge in [-0.25, -0.2) is 19.6 Å². The van der Waals surface area contributed by atoms with Gasteiger partial charge < -0.3 is 35.8 Å². The van der Waals surface area contributed by atoms with Crippen LogP contribution >= 0.6 is 0 Å². The number of hydrogen-bond acceptors (Lipinski definition) is 11. The molecule has 3 aromatic heterocycles. The van der Waals surface area contributed by atoms with Crippen LogP contribution in [0.25, 0.3) is 17.1 Å². The lowest BCUT2D eigenvalue weighted by atomic mass is 9.91. The van der Waals surface area contributed by atoms with Crippen molar-refractivity contribution in [2.75, 3.05) is 17.2 Å². The Bertz CT molecular complexity index is 2120. The average molecular weight is 692 g/mol. The first-order valence-electron chi connectivity index (χ1n) is 15.9.